The second-order valence-electron chi connectivity index (χ2n) is 6.73. The first kappa shape index (κ1) is 20.7. The molecule has 0 fully saturated rings. The molecule has 0 aliphatic carbocycles. The van der Waals surface area contributed by atoms with E-state index in [4.69, 9.17) is 0 Å². The lowest BCUT2D eigenvalue weighted by Gasteiger charge is -2.22. The van der Waals surface area contributed by atoms with E-state index in [2.05, 4.69) is 16.2 Å². The third-order valence-corrected chi connectivity index (χ3v) is 4.68. The number of nitrogens with one attached hydrogen (secondary N) is 3. The zero-order valence-electron chi connectivity index (χ0n) is 15.7. The fraction of sp³-hybridized carbons (Fsp3) is 0.526. The number of hydroxylamine groups is 2. The quantitative estimate of drug-likeness (QED) is 0.227. The van der Waals surface area contributed by atoms with Crippen molar-refractivity contribution in [2.75, 3.05) is 18.4 Å². The van der Waals surface area contributed by atoms with Crippen molar-refractivity contribution in [3.63, 3.8) is 0 Å². The van der Waals surface area contributed by atoms with Crippen molar-refractivity contribution in [2.45, 2.75) is 45.4 Å². The molecule has 0 aromatic heterocycles. The summed E-state index contributed by atoms with van der Waals surface area (Å²) in [5, 5.41) is 13.1. The summed E-state index contributed by atoms with van der Waals surface area (Å²) in [7, 11) is 0. The van der Waals surface area contributed by atoms with Crippen LogP contribution in [-0.2, 0) is 16.0 Å². The number of anilines is 1. The highest BCUT2D eigenvalue weighted by Gasteiger charge is 2.22. The van der Waals surface area contributed by atoms with E-state index < -0.39 is 17.7 Å². The van der Waals surface area contributed by atoms with Crippen LogP contribution in [0.1, 0.15) is 54.9 Å². The molecule has 0 saturated heterocycles. The molecule has 4 N–H and O–H groups in total. The fourth-order valence-electron chi connectivity index (χ4n) is 3.20. The van der Waals surface area contributed by atoms with Crippen LogP contribution in [0.3, 0.4) is 0 Å². The molecule has 1 heterocycles. The second-order valence-corrected chi connectivity index (χ2v) is 6.73. The molecular formula is C19H28N4O4. The van der Waals surface area contributed by atoms with Gasteiger partial charge in [-0.15, -0.1) is 0 Å². The molecule has 27 heavy (non-hydrogen) atoms. The van der Waals surface area contributed by atoms with Crippen LogP contribution in [0, 0.1) is 5.92 Å². The molecule has 0 saturated carbocycles. The molecule has 1 aliphatic rings. The highest BCUT2D eigenvalue weighted by molar-refractivity contribution is 6.01. The zero-order chi connectivity index (χ0) is 19.6. The van der Waals surface area contributed by atoms with Crippen LogP contribution in [0.5, 0.6) is 0 Å². The van der Waals surface area contributed by atoms with E-state index in [9.17, 15) is 19.6 Å². The van der Waals surface area contributed by atoms with Crippen molar-refractivity contribution in [1.82, 2.24) is 15.9 Å². The Morgan fingerprint density at radius 3 is 2.89 bits per heavy atom. The van der Waals surface area contributed by atoms with Crippen LogP contribution >= 0.6 is 0 Å². The van der Waals surface area contributed by atoms with Gasteiger partial charge in [0.2, 0.25) is 12.3 Å². The van der Waals surface area contributed by atoms with E-state index in [1.165, 1.54) is 0 Å². The van der Waals surface area contributed by atoms with E-state index in [-0.39, 0.29) is 13.0 Å². The molecule has 8 heteroatoms. The van der Waals surface area contributed by atoms with Crippen LogP contribution < -0.4 is 16.2 Å². The van der Waals surface area contributed by atoms with Crippen molar-refractivity contribution < 1.29 is 19.6 Å². The number of nitrogens with zero attached hydrogens (tertiary/aromatic N) is 1. The molecule has 3 amide bonds. The minimum Gasteiger partial charge on any atom is -0.384 e. The van der Waals surface area contributed by atoms with Gasteiger partial charge in [0.1, 0.15) is 0 Å². The summed E-state index contributed by atoms with van der Waals surface area (Å²) in [4.78, 5) is 35.6. The van der Waals surface area contributed by atoms with Crippen LogP contribution in [0.25, 0.3) is 0 Å². The number of aryl methyl sites for hydroxylation is 1. The highest BCUT2D eigenvalue weighted by atomic mass is 16.5. The van der Waals surface area contributed by atoms with Crippen LogP contribution in [0.2, 0.25) is 0 Å². The number of amides is 3. The Kier molecular flexibility index (Phi) is 8.06. The lowest BCUT2D eigenvalue weighted by Crippen LogP contribution is -2.47. The smallest absolute Gasteiger partial charge is 0.271 e. The van der Waals surface area contributed by atoms with Crippen molar-refractivity contribution in [3.8, 4) is 0 Å². The molecule has 148 valence electrons. The molecular weight excluding hydrogens is 348 g/mol. The zero-order valence-corrected chi connectivity index (χ0v) is 15.7. The lowest BCUT2D eigenvalue weighted by molar-refractivity contribution is -0.154. The number of hydrazine groups is 1. The van der Waals surface area contributed by atoms with Gasteiger partial charge in [0.05, 0.1) is 23.7 Å². The molecule has 8 nitrogen and oxygen atoms in total. The number of rotatable bonds is 9. The first-order valence-electron chi connectivity index (χ1n) is 9.43. The number of unbranched alkanes of at least 4 members (excludes halogenated alkanes) is 2. The standard InChI is InChI=1S/C19H28N4O4/c1-2-3-4-7-15(12-23(27)13-24)18(25)21-22-19(26)16-10-5-8-14-9-6-11-20-17(14)16/h5,8,10,13,15,20,27H,2-4,6-7,9,11-12H2,1H3,(H,21,25)(H,22,26)/t15-/m1/s1. The largest absolute Gasteiger partial charge is 0.384 e. The maximum absolute atomic E-state index is 12.5. The first-order chi connectivity index (χ1) is 13.1. The summed E-state index contributed by atoms with van der Waals surface area (Å²) in [5.74, 6) is -1.44. The Hall–Kier alpha value is -2.61. The Balaban J connectivity index is 1.97. The predicted molar refractivity (Wildman–Crippen MR) is 101 cm³/mol. The maximum Gasteiger partial charge on any atom is 0.271 e. The number of carbonyl (C=O) groups is 3. The van der Waals surface area contributed by atoms with Gasteiger partial charge in [-0.2, -0.15) is 0 Å². The van der Waals surface area contributed by atoms with Crippen molar-refractivity contribution in [2.24, 2.45) is 5.92 Å². The van der Waals surface area contributed by atoms with Crippen molar-refractivity contribution >= 4 is 23.9 Å². The molecule has 0 radical (unpaired) electrons. The monoisotopic (exact) mass is 376 g/mol. The third-order valence-electron chi connectivity index (χ3n) is 4.68. The van der Waals surface area contributed by atoms with Gasteiger partial charge < -0.3 is 5.32 Å². The van der Waals surface area contributed by atoms with Gasteiger partial charge in [0.15, 0.2) is 0 Å². The molecule has 0 bridgehead atoms. The second kappa shape index (κ2) is 10.5. The highest BCUT2D eigenvalue weighted by Crippen LogP contribution is 2.25. The number of carbonyl (C=O) groups excluding carboxylic acids is 3. The molecule has 1 aromatic rings. The van der Waals surface area contributed by atoms with E-state index in [0.717, 1.165) is 49.9 Å². The van der Waals surface area contributed by atoms with E-state index in [0.29, 0.717) is 17.0 Å². The average Bonchev–Trinajstić information content (AvgIpc) is 2.70. The topological polar surface area (TPSA) is 111 Å². The van der Waals surface area contributed by atoms with E-state index in [1.807, 2.05) is 19.1 Å². The van der Waals surface area contributed by atoms with Gasteiger partial charge in [0, 0.05) is 6.54 Å². The summed E-state index contributed by atoms with van der Waals surface area (Å²) in [6.07, 6.45) is 5.45. The van der Waals surface area contributed by atoms with E-state index >= 15 is 0 Å². The average molecular weight is 376 g/mol. The molecule has 0 unspecified atom stereocenters. The summed E-state index contributed by atoms with van der Waals surface area (Å²) in [5.41, 5.74) is 7.23. The summed E-state index contributed by atoms with van der Waals surface area (Å²) in [6, 6.07) is 5.51. The maximum atomic E-state index is 12.5. The molecule has 1 aliphatic heterocycles. The van der Waals surface area contributed by atoms with Gasteiger partial charge in [-0.05, 0) is 30.9 Å². The minimum absolute atomic E-state index is 0.114. The summed E-state index contributed by atoms with van der Waals surface area (Å²) in [6.45, 7) is 2.74. The number of fused-ring (bicyclic) bond motifs is 1. The van der Waals surface area contributed by atoms with Crippen LogP contribution in [0.4, 0.5) is 5.69 Å². The Bertz CT molecular complexity index is 665. The van der Waals surface area contributed by atoms with Gasteiger partial charge in [-0.1, -0.05) is 38.3 Å². The van der Waals surface area contributed by atoms with Crippen LogP contribution in [0.15, 0.2) is 18.2 Å². The van der Waals surface area contributed by atoms with E-state index in [1.54, 1.807) is 6.07 Å². The number of hydrogen-bond donors (Lipinski definition) is 4. The summed E-state index contributed by atoms with van der Waals surface area (Å²) >= 11 is 0. The fourth-order valence-corrected chi connectivity index (χ4v) is 3.20. The van der Waals surface area contributed by atoms with Gasteiger partial charge >= 0.3 is 0 Å². The molecule has 2 rings (SSSR count). The molecule has 0 spiro atoms. The third kappa shape index (κ3) is 5.96. The Labute approximate surface area is 159 Å². The lowest BCUT2D eigenvalue weighted by atomic mass is 9.99. The van der Waals surface area contributed by atoms with Gasteiger partial charge in [0.25, 0.3) is 5.91 Å². The van der Waals surface area contributed by atoms with Crippen LogP contribution in [-0.4, -0.2) is 41.6 Å². The number of hydrogen-bond acceptors (Lipinski definition) is 5. The Morgan fingerprint density at radius 1 is 1.33 bits per heavy atom. The predicted octanol–water partition coefficient (Wildman–Crippen LogP) is 1.85. The van der Waals surface area contributed by atoms with Crippen molar-refractivity contribution in [3.05, 3.63) is 29.3 Å². The van der Waals surface area contributed by atoms with Gasteiger partial charge in [-0.25, -0.2) is 5.06 Å². The summed E-state index contributed by atoms with van der Waals surface area (Å²) < 4.78 is 0. The van der Waals surface area contributed by atoms with Gasteiger partial charge in [-0.3, -0.25) is 30.4 Å². The SMILES string of the molecule is CCCCC[C@H](CN(O)C=O)C(=O)NNC(=O)c1cccc2c1NCCC2. The normalized spacial score (nSPS) is 13.7. The minimum atomic E-state index is -0.602. The molecule has 1 atom stereocenters. The number of benzene rings is 1. The van der Waals surface area contributed by atoms with Crippen molar-refractivity contribution in [1.29, 1.82) is 0 Å². The number of para-hydroxylation sites is 1. The Morgan fingerprint density at radius 2 is 2.15 bits per heavy atom. The first-order valence-corrected chi connectivity index (χ1v) is 9.43. The molecule has 1 aromatic carbocycles.